The van der Waals surface area contributed by atoms with Crippen molar-refractivity contribution in [2.45, 2.75) is 39.5 Å². The molecule has 0 spiro atoms. The van der Waals surface area contributed by atoms with E-state index >= 15 is 0 Å². The molecule has 0 aromatic carbocycles. The van der Waals surface area contributed by atoms with E-state index in [9.17, 15) is 0 Å². The molecule has 1 saturated heterocycles. The van der Waals surface area contributed by atoms with E-state index in [1.165, 1.54) is 58.4 Å². The molecular formula is C15H33N3. The van der Waals surface area contributed by atoms with Gasteiger partial charge in [-0.25, -0.2) is 0 Å². The van der Waals surface area contributed by atoms with Crippen LogP contribution in [0.15, 0.2) is 0 Å². The fourth-order valence-corrected chi connectivity index (χ4v) is 3.30. The molecule has 0 bridgehead atoms. The molecule has 1 unspecified atom stereocenters. The van der Waals surface area contributed by atoms with E-state index in [0.717, 1.165) is 6.54 Å². The summed E-state index contributed by atoms with van der Waals surface area (Å²) in [5, 5.41) is 3.36. The zero-order valence-electron chi connectivity index (χ0n) is 13.0. The first-order chi connectivity index (χ1) is 8.59. The molecular weight excluding hydrogens is 222 g/mol. The Morgan fingerprint density at radius 2 is 1.94 bits per heavy atom. The van der Waals surface area contributed by atoms with E-state index in [4.69, 9.17) is 0 Å². The van der Waals surface area contributed by atoms with Crippen LogP contribution in [0.5, 0.6) is 0 Å². The van der Waals surface area contributed by atoms with Crippen LogP contribution >= 0.6 is 0 Å². The average Bonchev–Trinajstić information content (AvgIpc) is 2.79. The van der Waals surface area contributed by atoms with Crippen LogP contribution in [0.2, 0.25) is 0 Å². The van der Waals surface area contributed by atoms with Gasteiger partial charge in [0.25, 0.3) is 0 Å². The van der Waals surface area contributed by atoms with Gasteiger partial charge in [-0.15, -0.1) is 0 Å². The fourth-order valence-electron chi connectivity index (χ4n) is 3.30. The molecule has 3 heteroatoms. The van der Waals surface area contributed by atoms with Crippen molar-refractivity contribution in [1.82, 2.24) is 15.1 Å². The highest BCUT2D eigenvalue weighted by molar-refractivity contribution is 4.79. The van der Waals surface area contributed by atoms with Gasteiger partial charge in [-0.3, -0.25) is 0 Å². The van der Waals surface area contributed by atoms with Crippen molar-refractivity contribution in [3.63, 3.8) is 0 Å². The van der Waals surface area contributed by atoms with Gasteiger partial charge >= 0.3 is 0 Å². The molecule has 0 aromatic rings. The molecule has 1 heterocycles. The maximum atomic E-state index is 3.36. The molecule has 3 nitrogen and oxygen atoms in total. The number of nitrogens with zero attached hydrogens (tertiary/aromatic N) is 2. The summed E-state index contributed by atoms with van der Waals surface area (Å²) in [5.74, 6) is 0. The zero-order chi connectivity index (χ0) is 13.4. The predicted octanol–water partition coefficient (Wildman–Crippen LogP) is 2.04. The molecule has 0 saturated carbocycles. The zero-order valence-corrected chi connectivity index (χ0v) is 13.0. The minimum absolute atomic E-state index is 0.420. The summed E-state index contributed by atoms with van der Waals surface area (Å²) in [6, 6.07) is 0. The van der Waals surface area contributed by atoms with Crippen LogP contribution in [0, 0.1) is 5.41 Å². The Labute approximate surface area is 114 Å². The van der Waals surface area contributed by atoms with Crippen molar-refractivity contribution in [3.8, 4) is 0 Å². The quantitative estimate of drug-likeness (QED) is 0.680. The van der Waals surface area contributed by atoms with Crippen molar-refractivity contribution in [3.05, 3.63) is 0 Å². The number of hydrogen-bond donors (Lipinski definition) is 1. The van der Waals surface area contributed by atoms with Crippen LogP contribution < -0.4 is 5.32 Å². The first-order valence-electron chi connectivity index (χ1n) is 7.65. The molecule has 1 rings (SSSR count). The lowest BCUT2D eigenvalue weighted by Gasteiger charge is -2.34. The Balaban J connectivity index is 2.28. The summed E-state index contributed by atoms with van der Waals surface area (Å²) in [6.45, 7) is 12.1. The molecule has 1 atom stereocenters. The van der Waals surface area contributed by atoms with Crippen molar-refractivity contribution in [2.75, 3.05) is 53.4 Å². The van der Waals surface area contributed by atoms with Gasteiger partial charge in [-0.05, 0) is 51.9 Å². The summed E-state index contributed by atoms with van der Waals surface area (Å²) >= 11 is 0. The normalized spacial score (nSPS) is 20.5. The second kappa shape index (κ2) is 8.13. The van der Waals surface area contributed by atoms with Gasteiger partial charge in [0, 0.05) is 26.2 Å². The van der Waals surface area contributed by atoms with Gasteiger partial charge in [0.2, 0.25) is 0 Å². The molecule has 1 aliphatic rings. The van der Waals surface area contributed by atoms with E-state index in [1.807, 2.05) is 0 Å². The Morgan fingerprint density at radius 3 is 2.50 bits per heavy atom. The SMILES string of the molecule is CCCC(C)(CNC)CN(C)CCN1CCCC1. The Bertz CT molecular complexity index is 206. The molecule has 0 amide bonds. The fraction of sp³-hybridized carbons (Fsp3) is 1.00. The van der Waals surface area contributed by atoms with Gasteiger partial charge in [-0.2, -0.15) is 0 Å². The van der Waals surface area contributed by atoms with Crippen LogP contribution in [-0.2, 0) is 0 Å². The minimum Gasteiger partial charge on any atom is -0.319 e. The molecule has 108 valence electrons. The van der Waals surface area contributed by atoms with E-state index in [0.29, 0.717) is 5.41 Å². The van der Waals surface area contributed by atoms with E-state index in [-0.39, 0.29) is 0 Å². The van der Waals surface area contributed by atoms with Crippen LogP contribution in [0.25, 0.3) is 0 Å². The van der Waals surface area contributed by atoms with E-state index < -0.39 is 0 Å². The molecule has 1 N–H and O–H groups in total. The lowest BCUT2D eigenvalue weighted by molar-refractivity contribution is 0.162. The highest BCUT2D eigenvalue weighted by atomic mass is 15.2. The number of likely N-dealkylation sites (tertiary alicyclic amines) is 1. The second-order valence-corrected chi connectivity index (χ2v) is 6.38. The van der Waals surface area contributed by atoms with Gasteiger partial charge in [0.15, 0.2) is 0 Å². The van der Waals surface area contributed by atoms with Crippen LogP contribution in [0.3, 0.4) is 0 Å². The third-order valence-corrected chi connectivity index (χ3v) is 4.11. The van der Waals surface area contributed by atoms with Crippen LogP contribution in [-0.4, -0.2) is 63.2 Å². The summed E-state index contributed by atoms with van der Waals surface area (Å²) in [6.07, 6.45) is 5.38. The number of rotatable bonds is 9. The maximum absolute atomic E-state index is 3.36. The van der Waals surface area contributed by atoms with E-state index in [1.54, 1.807) is 0 Å². The average molecular weight is 255 g/mol. The smallest absolute Gasteiger partial charge is 0.0109 e. The number of nitrogens with one attached hydrogen (secondary N) is 1. The minimum atomic E-state index is 0.420. The Morgan fingerprint density at radius 1 is 1.28 bits per heavy atom. The summed E-state index contributed by atoms with van der Waals surface area (Å²) in [5.41, 5.74) is 0.420. The monoisotopic (exact) mass is 255 g/mol. The predicted molar refractivity (Wildman–Crippen MR) is 80.1 cm³/mol. The molecule has 1 aliphatic heterocycles. The van der Waals surface area contributed by atoms with E-state index in [2.05, 4.69) is 43.1 Å². The number of hydrogen-bond acceptors (Lipinski definition) is 3. The van der Waals surface area contributed by atoms with Gasteiger partial charge < -0.3 is 15.1 Å². The molecule has 0 aromatic heterocycles. The highest BCUT2D eigenvalue weighted by Crippen LogP contribution is 2.23. The lowest BCUT2D eigenvalue weighted by Crippen LogP contribution is -2.42. The van der Waals surface area contributed by atoms with Crippen LogP contribution in [0.1, 0.15) is 39.5 Å². The molecule has 1 fully saturated rings. The lowest BCUT2D eigenvalue weighted by atomic mass is 9.85. The topological polar surface area (TPSA) is 18.5 Å². The second-order valence-electron chi connectivity index (χ2n) is 6.38. The third-order valence-electron chi connectivity index (χ3n) is 4.11. The largest absolute Gasteiger partial charge is 0.319 e. The standard InChI is InChI=1S/C15H33N3/c1-5-8-15(2,13-16-3)14-17(4)11-12-18-9-6-7-10-18/h16H,5-14H2,1-4H3. The molecule has 0 radical (unpaired) electrons. The van der Waals surface area contributed by atoms with Crippen molar-refractivity contribution in [1.29, 1.82) is 0 Å². The summed E-state index contributed by atoms with van der Waals surface area (Å²) in [7, 11) is 4.35. The van der Waals surface area contributed by atoms with Crippen LogP contribution in [0.4, 0.5) is 0 Å². The molecule has 18 heavy (non-hydrogen) atoms. The highest BCUT2D eigenvalue weighted by Gasteiger charge is 2.24. The van der Waals surface area contributed by atoms with Gasteiger partial charge in [0.1, 0.15) is 0 Å². The van der Waals surface area contributed by atoms with Gasteiger partial charge in [-0.1, -0.05) is 20.3 Å². The summed E-state index contributed by atoms with van der Waals surface area (Å²) < 4.78 is 0. The van der Waals surface area contributed by atoms with Gasteiger partial charge in [0.05, 0.1) is 0 Å². The number of likely N-dealkylation sites (N-methyl/N-ethyl adjacent to an activating group) is 1. The maximum Gasteiger partial charge on any atom is 0.0109 e. The summed E-state index contributed by atoms with van der Waals surface area (Å²) in [4.78, 5) is 5.12. The third kappa shape index (κ3) is 5.68. The first kappa shape index (κ1) is 15.9. The first-order valence-corrected chi connectivity index (χ1v) is 7.65. The Hall–Kier alpha value is -0.120. The van der Waals surface area contributed by atoms with Crippen molar-refractivity contribution >= 4 is 0 Å². The van der Waals surface area contributed by atoms with Crippen molar-refractivity contribution < 1.29 is 0 Å². The Kier molecular flexibility index (Phi) is 7.20. The van der Waals surface area contributed by atoms with Crippen molar-refractivity contribution in [2.24, 2.45) is 5.41 Å². The molecule has 0 aliphatic carbocycles.